The van der Waals surface area contributed by atoms with Gasteiger partial charge in [0.2, 0.25) is 0 Å². The van der Waals surface area contributed by atoms with Gasteiger partial charge in [0.25, 0.3) is 0 Å². The summed E-state index contributed by atoms with van der Waals surface area (Å²) in [7, 11) is 0. The number of nitriles is 2. The first-order valence-electron chi connectivity index (χ1n) is 22.5. The van der Waals surface area contributed by atoms with Crippen LogP contribution >= 0.6 is 0 Å². The van der Waals surface area contributed by atoms with Crippen LogP contribution in [0.25, 0.3) is 87.6 Å². The minimum Gasteiger partial charge on any atom is -0.336 e. The van der Waals surface area contributed by atoms with Gasteiger partial charge in [-0.15, -0.1) is 0 Å². The van der Waals surface area contributed by atoms with Crippen LogP contribution in [-0.2, 0) is 6.54 Å². The number of anilines is 3. The SMILES string of the molecule is N#Cc1cc(-n2c3ccc(N(c4ccccc4)c4ccccc4)cc3c3c2ccc2c4ccccc4n(-c4ccccc4)c23)c(C#N)cc1Cn1c2ccccc2c2c3ccccc3ccc21. The summed E-state index contributed by atoms with van der Waals surface area (Å²) in [4.78, 5) is 2.29. The molecule has 312 valence electrons. The Hall–Kier alpha value is -9.36. The van der Waals surface area contributed by atoms with Gasteiger partial charge in [0.15, 0.2) is 0 Å². The molecule has 67 heavy (non-hydrogen) atoms. The van der Waals surface area contributed by atoms with Crippen molar-refractivity contribution in [3.8, 4) is 23.5 Å². The Morgan fingerprint density at radius 1 is 0.388 bits per heavy atom. The van der Waals surface area contributed by atoms with Crippen LogP contribution in [0.15, 0.2) is 218 Å². The van der Waals surface area contributed by atoms with Gasteiger partial charge in [-0.1, -0.05) is 127 Å². The summed E-state index contributed by atoms with van der Waals surface area (Å²) in [5.41, 5.74) is 12.8. The van der Waals surface area contributed by atoms with Crippen molar-refractivity contribution < 1.29 is 0 Å². The highest BCUT2D eigenvalue weighted by molar-refractivity contribution is 6.27. The zero-order valence-electron chi connectivity index (χ0n) is 36.2. The molecular formula is C61H38N6. The Morgan fingerprint density at radius 2 is 0.985 bits per heavy atom. The molecule has 0 aliphatic carbocycles. The fourth-order valence-corrected chi connectivity index (χ4v) is 10.7. The third-order valence-corrected chi connectivity index (χ3v) is 13.5. The predicted molar refractivity (Wildman–Crippen MR) is 275 cm³/mol. The lowest BCUT2D eigenvalue weighted by molar-refractivity contribution is 0.864. The van der Waals surface area contributed by atoms with Crippen LogP contribution in [0.3, 0.4) is 0 Å². The van der Waals surface area contributed by atoms with E-state index in [-0.39, 0.29) is 0 Å². The molecule has 6 heteroatoms. The van der Waals surface area contributed by atoms with Crippen molar-refractivity contribution in [3.63, 3.8) is 0 Å². The van der Waals surface area contributed by atoms with Crippen molar-refractivity contribution in [2.45, 2.75) is 6.54 Å². The molecule has 0 fully saturated rings. The first-order valence-corrected chi connectivity index (χ1v) is 22.5. The molecule has 6 nitrogen and oxygen atoms in total. The van der Waals surface area contributed by atoms with Gasteiger partial charge in [-0.3, -0.25) is 0 Å². The second-order valence-electron chi connectivity index (χ2n) is 17.1. The number of aromatic nitrogens is 3. The summed E-state index contributed by atoms with van der Waals surface area (Å²) in [6.07, 6.45) is 0. The fraction of sp³-hybridized carbons (Fsp3) is 0.0164. The van der Waals surface area contributed by atoms with E-state index >= 15 is 0 Å². The van der Waals surface area contributed by atoms with Crippen LogP contribution in [0, 0.1) is 22.7 Å². The van der Waals surface area contributed by atoms with E-state index in [1.54, 1.807) is 0 Å². The van der Waals surface area contributed by atoms with Gasteiger partial charge in [-0.2, -0.15) is 10.5 Å². The zero-order valence-corrected chi connectivity index (χ0v) is 36.2. The molecule has 13 aromatic rings. The zero-order chi connectivity index (χ0) is 44.6. The summed E-state index contributed by atoms with van der Waals surface area (Å²) >= 11 is 0. The van der Waals surface area contributed by atoms with Crippen molar-refractivity contribution in [3.05, 3.63) is 235 Å². The molecule has 0 unspecified atom stereocenters. The Balaban J connectivity index is 1.09. The first-order chi connectivity index (χ1) is 33.2. The number of fused-ring (bicyclic) bond motifs is 12. The second kappa shape index (κ2) is 15.1. The van der Waals surface area contributed by atoms with Crippen LogP contribution in [0.4, 0.5) is 17.1 Å². The van der Waals surface area contributed by atoms with Crippen LogP contribution in [0.5, 0.6) is 0 Å². The molecule has 0 radical (unpaired) electrons. The maximum absolute atomic E-state index is 11.2. The average Bonchev–Trinajstić information content (AvgIpc) is 4.02. The predicted octanol–water partition coefficient (Wildman–Crippen LogP) is 15.4. The molecule has 0 N–H and O–H groups in total. The quantitative estimate of drug-likeness (QED) is 0.160. The summed E-state index contributed by atoms with van der Waals surface area (Å²) in [5, 5.41) is 31.4. The summed E-state index contributed by atoms with van der Waals surface area (Å²) in [6, 6.07) is 81.4. The lowest BCUT2D eigenvalue weighted by Gasteiger charge is -2.25. The van der Waals surface area contributed by atoms with Crippen molar-refractivity contribution in [1.82, 2.24) is 13.7 Å². The van der Waals surface area contributed by atoms with Crippen molar-refractivity contribution in [1.29, 1.82) is 10.5 Å². The standard InChI is InChI=1S/C61H38N6/c62-37-41-35-58(42(38-63)34-43(41)39-64-53-26-14-13-25-51(53)59-48-23-11-10-16-40(48)28-31-56(59)64)67-55-32-29-47(65(44-17-4-1-5-18-44)45-19-6-2-7-20-45)36-52(55)60-57(67)33-30-50-49-24-12-15-27-54(49)66(61(50)60)46-21-8-3-9-22-46/h1-36H,39H2. The summed E-state index contributed by atoms with van der Waals surface area (Å²) in [5.74, 6) is 0. The molecule has 0 spiro atoms. The highest BCUT2D eigenvalue weighted by atomic mass is 15.1. The third-order valence-electron chi connectivity index (χ3n) is 13.5. The number of nitrogens with zero attached hydrogens (tertiary/aromatic N) is 6. The van der Waals surface area contributed by atoms with E-state index < -0.39 is 0 Å². The maximum Gasteiger partial charge on any atom is 0.101 e. The molecule has 13 rings (SSSR count). The van der Waals surface area contributed by atoms with Gasteiger partial charge < -0.3 is 18.6 Å². The van der Waals surface area contributed by atoms with Crippen LogP contribution in [0.2, 0.25) is 0 Å². The highest BCUT2D eigenvalue weighted by Crippen LogP contribution is 2.45. The molecule has 0 aliphatic rings. The minimum absolute atomic E-state index is 0.420. The van der Waals surface area contributed by atoms with Gasteiger partial charge in [-0.05, 0) is 107 Å². The molecule has 0 saturated heterocycles. The van der Waals surface area contributed by atoms with E-state index in [4.69, 9.17) is 0 Å². The minimum atomic E-state index is 0.420. The van der Waals surface area contributed by atoms with E-state index in [1.807, 2.05) is 24.3 Å². The number of benzene rings is 10. The van der Waals surface area contributed by atoms with Gasteiger partial charge in [0.1, 0.15) is 6.07 Å². The van der Waals surface area contributed by atoms with Crippen molar-refractivity contribution in [2.24, 2.45) is 0 Å². The smallest absolute Gasteiger partial charge is 0.101 e. The lowest BCUT2D eigenvalue weighted by atomic mass is 10.0. The molecule has 0 atom stereocenters. The molecule has 0 amide bonds. The fourth-order valence-electron chi connectivity index (χ4n) is 10.7. The largest absolute Gasteiger partial charge is 0.336 e. The van der Waals surface area contributed by atoms with E-state index in [0.717, 1.165) is 88.3 Å². The average molecular weight is 855 g/mol. The van der Waals surface area contributed by atoms with Crippen LogP contribution in [0.1, 0.15) is 16.7 Å². The molecule has 0 aliphatic heterocycles. The van der Waals surface area contributed by atoms with Gasteiger partial charge >= 0.3 is 0 Å². The molecule has 3 heterocycles. The Bertz CT molecular complexity index is 4160. The molecule has 3 aromatic heterocycles. The second-order valence-corrected chi connectivity index (χ2v) is 17.1. The van der Waals surface area contributed by atoms with E-state index in [2.05, 4.69) is 225 Å². The monoisotopic (exact) mass is 854 g/mol. The van der Waals surface area contributed by atoms with Crippen LogP contribution in [-0.4, -0.2) is 13.7 Å². The Kier molecular flexibility index (Phi) is 8.61. The molecule has 0 bridgehead atoms. The molecule has 10 aromatic carbocycles. The summed E-state index contributed by atoms with van der Waals surface area (Å²) < 4.78 is 6.87. The third kappa shape index (κ3) is 5.81. The number of para-hydroxylation sites is 5. The topological polar surface area (TPSA) is 65.6 Å². The molecular weight excluding hydrogens is 817 g/mol. The van der Waals surface area contributed by atoms with Gasteiger partial charge in [0.05, 0.1) is 50.5 Å². The van der Waals surface area contributed by atoms with E-state index in [9.17, 15) is 10.5 Å². The van der Waals surface area contributed by atoms with Gasteiger partial charge in [-0.25, -0.2) is 0 Å². The Morgan fingerprint density at radius 3 is 1.72 bits per heavy atom. The number of hydrogen-bond acceptors (Lipinski definition) is 3. The van der Waals surface area contributed by atoms with E-state index in [0.29, 0.717) is 23.4 Å². The molecule has 0 saturated carbocycles. The lowest BCUT2D eigenvalue weighted by Crippen LogP contribution is -2.09. The normalized spacial score (nSPS) is 11.6. The van der Waals surface area contributed by atoms with E-state index in [1.165, 1.54) is 16.2 Å². The highest BCUT2D eigenvalue weighted by Gasteiger charge is 2.25. The van der Waals surface area contributed by atoms with Crippen LogP contribution < -0.4 is 4.90 Å². The number of rotatable bonds is 7. The Labute approximate surface area is 385 Å². The van der Waals surface area contributed by atoms with Gasteiger partial charge in [0, 0.05) is 67.1 Å². The number of hydrogen-bond donors (Lipinski definition) is 0. The van der Waals surface area contributed by atoms with Crippen molar-refractivity contribution in [2.75, 3.05) is 4.90 Å². The summed E-state index contributed by atoms with van der Waals surface area (Å²) in [6.45, 7) is 0.420. The van der Waals surface area contributed by atoms with Crippen molar-refractivity contribution >= 4 is 93.3 Å². The first kappa shape index (κ1) is 38.1. The maximum atomic E-state index is 11.2.